The molecule has 0 aliphatic rings. The topological polar surface area (TPSA) is 72.2 Å². The largest absolute Gasteiger partial charge is 0.329 e. The minimum absolute atomic E-state index is 0.0834. The van der Waals surface area contributed by atoms with E-state index in [0.29, 0.717) is 0 Å². The predicted molar refractivity (Wildman–Crippen MR) is 65.0 cm³/mol. The maximum Gasteiger partial charge on any atom is 0.242 e. The van der Waals surface area contributed by atoms with Gasteiger partial charge in [0.25, 0.3) is 0 Å². The first-order valence-electron chi connectivity index (χ1n) is 4.85. The number of nitrogens with one attached hydrogen (secondary N) is 1. The Morgan fingerprint density at radius 2 is 2.12 bits per heavy atom. The summed E-state index contributed by atoms with van der Waals surface area (Å²) in [6, 6.07) is 4.49. The highest BCUT2D eigenvalue weighted by atomic mass is 35.5. The van der Waals surface area contributed by atoms with E-state index in [2.05, 4.69) is 4.72 Å². The molecule has 1 aromatic carbocycles. The van der Waals surface area contributed by atoms with Gasteiger partial charge in [-0.15, -0.1) is 0 Å². The van der Waals surface area contributed by atoms with Gasteiger partial charge in [0, 0.05) is 12.6 Å². The van der Waals surface area contributed by atoms with Crippen molar-refractivity contribution in [3.8, 4) is 0 Å². The van der Waals surface area contributed by atoms with Crippen LogP contribution in [0.2, 0.25) is 5.02 Å². The van der Waals surface area contributed by atoms with E-state index in [1.165, 1.54) is 6.07 Å². The SMILES string of the molecule is Cc1ccc(S(=O)(=O)N[C@H](C)CN)c(Cl)c1. The molecule has 4 nitrogen and oxygen atoms in total. The molecule has 0 fully saturated rings. The van der Waals surface area contributed by atoms with E-state index in [0.717, 1.165) is 5.56 Å². The summed E-state index contributed by atoms with van der Waals surface area (Å²) < 4.78 is 26.2. The molecule has 0 heterocycles. The van der Waals surface area contributed by atoms with Crippen LogP contribution in [0.3, 0.4) is 0 Å². The second kappa shape index (κ2) is 5.14. The maximum atomic E-state index is 11.9. The normalized spacial score (nSPS) is 13.8. The van der Waals surface area contributed by atoms with Crippen molar-refractivity contribution in [3.63, 3.8) is 0 Å². The van der Waals surface area contributed by atoms with Gasteiger partial charge < -0.3 is 5.73 Å². The van der Waals surface area contributed by atoms with Crippen molar-refractivity contribution in [2.45, 2.75) is 24.8 Å². The Labute approximate surface area is 101 Å². The number of sulfonamides is 1. The van der Waals surface area contributed by atoms with Gasteiger partial charge in [0.2, 0.25) is 10.0 Å². The van der Waals surface area contributed by atoms with Crippen LogP contribution >= 0.6 is 11.6 Å². The van der Waals surface area contributed by atoms with Gasteiger partial charge in [-0.3, -0.25) is 0 Å². The number of hydrogen-bond donors (Lipinski definition) is 2. The van der Waals surface area contributed by atoms with E-state index in [1.807, 2.05) is 6.92 Å². The van der Waals surface area contributed by atoms with Gasteiger partial charge in [-0.1, -0.05) is 17.7 Å². The molecular weight excluding hydrogens is 248 g/mol. The first-order valence-corrected chi connectivity index (χ1v) is 6.71. The minimum atomic E-state index is -3.58. The van der Waals surface area contributed by atoms with E-state index in [9.17, 15) is 8.42 Å². The Kier molecular flexibility index (Phi) is 4.32. The highest BCUT2D eigenvalue weighted by Gasteiger charge is 2.19. The van der Waals surface area contributed by atoms with Crippen LogP contribution < -0.4 is 10.5 Å². The summed E-state index contributed by atoms with van der Waals surface area (Å²) in [6.45, 7) is 3.78. The van der Waals surface area contributed by atoms with Crippen LogP contribution in [-0.2, 0) is 10.0 Å². The Hall–Kier alpha value is -0.620. The number of hydrogen-bond acceptors (Lipinski definition) is 3. The molecule has 0 spiro atoms. The van der Waals surface area contributed by atoms with E-state index in [-0.39, 0.29) is 22.5 Å². The molecule has 1 rings (SSSR count). The minimum Gasteiger partial charge on any atom is -0.329 e. The Morgan fingerprint density at radius 1 is 1.50 bits per heavy atom. The lowest BCUT2D eigenvalue weighted by molar-refractivity contribution is 0.563. The fourth-order valence-corrected chi connectivity index (χ4v) is 3.06. The van der Waals surface area contributed by atoms with Crippen LogP contribution in [0.4, 0.5) is 0 Å². The lowest BCUT2D eigenvalue weighted by Crippen LogP contribution is -2.37. The molecule has 0 saturated heterocycles. The zero-order chi connectivity index (χ0) is 12.3. The summed E-state index contributed by atoms with van der Waals surface area (Å²) in [6.07, 6.45) is 0. The fraction of sp³-hybridized carbons (Fsp3) is 0.400. The van der Waals surface area contributed by atoms with Crippen molar-refractivity contribution in [2.75, 3.05) is 6.54 Å². The summed E-state index contributed by atoms with van der Waals surface area (Å²) in [7, 11) is -3.58. The smallest absolute Gasteiger partial charge is 0.242 e. The van der Waals surface area contributed by atoms with Crippen LogP contribution in [0.25, 0.3) is 0 Å². The first-order chi connectivity index (χ1) is 7.36. The van der Waals surface area contributed by atoms with E-state index in [4.69, 9.17) is 17.3 Å². The third kappa shape index (κ3) is 3.18. The molecule has 0 bridgehead atoms. The van der Waals surface area contributed by atoms with Gasteiger partial charge in [-0.2, -0.15) is 0 Å². The molecule has 0 aliphatic heterocycles. The molecule has 1 aromatic rings. The zero-order valence-electron chi connectivity index (χ0n) is 9.20. The molecule has 16 heavy (non-hydrogen) atoms. The molecule has 0 unspecified atom stereocenters. The van der Waals surface area contributed by atoms with E-state index >= 15 is 0 Å². The van der Waals surface area contributed by atoms with Crippen LogP contribution in [0.5, 0.6) is 0 Å². The van der Waals surface area contributed by atoms with Crippen molar-refractivity contribution in [1.29, 1.82) is 0 Å². The Balaban J connectivity index is 3.08. The van der Waals surface area contributed by atoms with E-state index in [1.54, 1.807) is 19.1 Å². The average Bonchev–Trinajstić information content (AvgIpc) is 2.16. The molecule has 90 valence electrons. The summed E-state index contributed by atoms with van der Waals surface area (Å²) in [4.78, 5) is 0.0834. The Bertz CT molecular complexity index is 474. The average molecular weight is 263 g/mol. The van der Waals surface area contributed by atoms with Crippen molar-refractivity contribution in [2.24, 2.45) is 5.73 Å². The molecule has 0 saturated carbocycles. The van der Waals surface area contributed by atoms with E-state index < -0.39 is 10.0 Å². The highest BCUT2D eigenvalue weighted by Crippen LogP contribution is 2.22. The predicted octanol–water partition coefficient (Wildman–Crippen LogP) is 1.27. The fourth-order valence-electron chi connectivity index (χ4n) is 1.20. The van der Waals surface area contributed by atoms with Gasteiger partial charge in [-0.25, -0.2) is 13.1 Å². The summed E-state index contributed by atoms with van der Waals surface area (Å²) in [5.74, 6) is 0. The number of benzene rings is 1. The molecular formula is C10H15ClN2O2S. The van der Waals surface area contributed by atoms with Gasteiger partial charge in [0.05, 0.1) is 5.02 Å². The quantitative estimate of drug-likeness (QED) is 0.858. The standard InChI is InChI=1S/C10H15ClN2O2S/c1-7-3-4-10(9(11)5-7)16(14,15)13-8(2)6-12/h3-5,8,13H,6,12H2,1-2H3/t8-/m1/s1. The molecule has 6 heteroatoms. The molecule has 0 aromatic heterocycles. The molecule has 0 radical (unpaired) electrons. The van der Waals surface area contributed by atoms with Crippen molar-refractivity contribution >= 4 is 21.6 Å². The molecule has 0 aliphatic carbocycles. The second-order valence-corrected chi connectivity index (χ2v) is 5.78. The number of aryl methyl sites for hydroxylation is 1. The van der Waals surface area contributed by atoms with Crippen molar-refractivity contribution in [1.82, 2.24) is 4.72 Å². The Morgan fingerprint density at radius 3 is 2.62 bits per heavy atom. The molecule has 3 N–H and O–H groups in total. The van der Waals surface area contributed by atoms with Crippen LogP contribution in [0.15, 0.2) is 23.1 Å². The van der Waals surface area contributed by atoms with Crippen molar-refractivity contribution in [3.05, 3.63) is 28.8 Å². The van der Waals surface area contributed by atoms with Gasteiger partial charge in [-0.05, 0) is 31.5 Å². The summed E-state index contributed by atoms with van der Waals surface area (Å²) in [5, 5.41) is 0.219. The monoisotopic (exact) mass is 262 g/mol. The van der Waals surface area contributed by atoms with Crippen LogP contribution in [0.1, 0.15) is 12.5 Å². The number of rotatable bonds is 4. The van der Waals surface area contributed by atoms with Crippen LogP contribution in [0, 0.1) is 6.92 Å². The lowest BCUT2D eigenvalue weighted by Gasteiger charge is -2.13. The third-order valence-corrected chi connectivity index (χ3v) is 4.16. The van der Waals surface area contributed by atoms with Gasteiger partial charge in [0.1, 0.15) is 4.90 Å². The van der Waals surface area contributed by atoms with Crippen LogP contribution in [-0.4, -0.2) is 21.0 Å². The lowest BCUT2D eigenvalue weighted by atomic mass is 10.2. The summed E-state index contributed by atoms with van der Waals surface area (Å²) >= 11 is 5.89. The number of nitrogens with two attached hydrogens (primary N) is 1. The molecule has 0 amide bonds. The number of halogens is 1. The third-order valence-electron chi connectivity index (χ3n) is 2.09. The van der Waals surface area contributed by atoms with Crippen molar-refractivity contribution < 1.29 is 8.42 Å². The molecule has 1 atom stereocenters. The van der Waals surface area contributed by atoms with Gasteiger partial charge in [0.15, 0.2) is 0 Å². The highest BCUT2D eigenvalue weighted by molar-refractivity contribution is 7.89. The van der Waals surface area contributed by atoms with Gasteiger partial charge >= 0.3 is 0 Å². The maximum absolute atomic E-state index is 11.9. The zero-order valence-corrected chi connectivity index (χ0v) is 10.8. The second-order valence-electron chi connectivity index (χ2n) is 3.69. The summed E-state index contributed by atoms with van der Waals surface area (Å²) in [5.41, 5.74) is 6.27. The first kappa shape index (κ1) is 13.4.